The Kier molecular flexibility index (Phi) is 3.10. The maximum Gasteiger partial charge on any atom is 0.387 e. The van der Waals surface area contributed by atoms with Crippen molar-refractivity contribution in [1.82, 2.24) is 4.98 Å². The van der Waals surface area contributed by atoms with E-state index in [1.54, 1.807) is 0 Å². The number of halogens is 2. The van der Waals surface area contributed by atoms with Crippen LogP contribution < -0.4 is 4.74 Å². The zero-order chi connectivity index (χ0) is 11.4. The van der Waals surface area contributed by atoms with E-state index in [-0.39, 0.29) is 5.75 Å². The van der Waals surface area contributed by atoms with Crippen LogP contribution >= 0.6 is 0 Å². The summed E-state index contributed by atoms with van der Waals surface area (Å²) in [5, 5.41) is 0. The molecule has 1 aromatic heterocycles. The van der Waals surface area contributed by atoms with Gasteiger partial charge in [0, 0.05) is 18.0 Å². The summed E-state index contributed by atoms with van der Waals surface area (Å²) in [6.07, 6.45) is 2.93. The van der Waals surface area contributed by atoms with Crippen LogP contribution in [0, 0.1) is 0 Å². The van der Waals surface area contributed by atoms with Gasteiger partial charge in [0.15, 0.2) is 0 Å². The van der Waals surface area contributed by atoms with Gasteiger partial charge >= 0.3 is 6.61 Å². The van der Waals surface area contributed by atoms with Crippen LogP contribution in [0.5, 0.6) is 5.75 Å². The van der Waals surface area contributed by atoms with Crippen molar-refractivity contribution in [3.63, 3.8) is 0 Å². The molecule has 0 saturated heterocycles. The summed E-state index contributed by atoms with van der Waals surface area (Å²) in [5.74, 6) is 0.135. The minimum atomic E-state index is -2.83. The fourth-order valence-electron chi connectivity index (χ4n) is 1.41. The molecule has 0 spiro atoms. The van der Waals surface area contributed by atoms with Crippen molar-refractivity contribution in [3.05, 3.63) is 48.8 Å². The maximum atomic E-state index is 12.2. The van der Waals surface area contributed by atoms with Crippen LogP contribution in [0.3, 0.4) is 0 Å². The normalized spacial score (nSPS) is 10.4. The average Bonchev–Trinajstić information content (AvgIpc) is 2.30. The highest BCUT2D eigenvalue weighted by Gasteiger charge is 2.10. The Morgan fingerprint density at radius 1 is 1.06 bits per heavy atom. The van der Waals surface area contributed by atoms with Gasteiger partial charge in [-0.3, -0.25) is 4.98 Å². The van der Waals surface area contributed by atoms with Crippen molar-refractivity contribution in [2.24, 2.45) is 0 Å². The molecule has 0 amide bonds. The summed E-state index contributed by atoms with van der Waals surface area (Å²) >= 11 is 0. The van der Waals surface area contributed by atoms with Crippen molar-refractivity contribution in [3.8, 4) is 16.9 Å². The first-order valence-corrected chi connectivity index (χ1v) is 4.71. The standard InChI is InChI=1S/C12H9F2NO/c13-12(14)16-11-6-7-15-8-10(11)9-4-2-1-3-5-9/h1-8,12H. The number of aromatic nitrogens is 1. The Labute approximate surface area is 91.5 Å². The molecular formula is C12H9F2NO. The SMILES string of the molecule is FC(F)Oc1ccncc1-c1ccccc1. The molecule has 0 atom stereocenters. The minimum absolute atomic E-state index is 0.135. The number of benzene rings is 1. The maximum absolute atomic E-state index is 12.2. The van der Waals surface area contributed by atoms with E-state index in [0.717, 1.165) is 5.56 Å². The first-order chi connectivity index (χ1) is 7.77. The topological polar surface area (TPSA) is 22.1 Å². The van der Waals surface area contributed by atoms with Crippen molar-refractivity contribution < 1.29 is 13.5 Å². The Morgan fingerprint density at radius 3 is 2.50 bits per heavy atom. The molecule has 2 nitrogen and oxygen atoms in total. The summed E-state index contributed by atoms with van der Waals surface area (Å²) in [7, 11) is 0. The van der Waals surface area contributed by atoms with Gasteiger partial charge in [-0.25, -0.2) is 0 Å². The second kappa shape index (κ2) is 4.70. The summed E-state index contributed by atoms with van der Waals surface area (Å²) in [4.78, 5) is 3.90. The van der Waals surface area contributed by atoms with Crippen molar-refractivity contribution in [2.45, 2.75) is 6.61 Å². The number of nitrogens with zero attached hydrogens (tertiary/aromatic N) is 1. The number of pyridine rings is 1. The number of ether oxygens (including phenoxy) is 1. The number of hydrogen-bond donors (Lipinski definition) is 0. The first kappa shape index (κ1) is 10.5. The number of rotatable bonds is 3. The molecule has 0 aliphatic rings. The van der Waals surface area contributed by atoms with Gasteiger partial charge in [0.1, 0.15) is 5.75 Å². The van der Waals surface area contributed by atoms with Crippen LogP contribution in [0.2, 0.25) is 0 Å². The molecule has 1 heterocycles. The smallest absolute Gasteiger partial charge is 0.387 e. The molecule has 0 saturated carbocycles. The fraction of sp³-hybridized carbons (Fsp3) is 0.0833. The highest BCUT2D eigenvalue weighted by atomic mass is 19.3. The third-order valence-electron chi connectivity index (χ3n) is 2.08. The second-order valence-electron chi connectivity index (χ2n) is 3.12. The fourth-order valence-corrected chi connectivity index (χ4v) is 1.41. The molecule has 2 aromatic rings. The largest absolute Gasteiger partial charge is 0.434 e. The van der Waals surface area contributed by atoms with Crippen molar-refractivity contribution in [2.75, 3.05) is 0 Å². The van der Waals surface area contributed by atoms with Crippen LogP contribution in [0.4, 0.5) is 8.78 Å². The Hall–Kier alpha value is -1.97. The Balaban J connectivity index is 2.41. The number of alkyl halides is 2. The predicted molar refractivity (Wildman–Crippen MR) is 56.3 cm³/mol. The molecule has 0 N–H and O–H groups in total. The van der Waals surface area contributed by atoms with Gasteiger partial charge in [0.25, 0.3) is 0 Å². The molecule has 0 bridgehead atoms. The second-order valence-corrected chi connectivity index (χ2v) is 3.12. The van der Waals surface area contributed by atoms with Gasteiger partial charge in [0.2, 0.25) is 0 Å². The van der Waals surface area contributed by atoms with Gasteiger partial charge in [-0.05, 0) is 11.6 Å². The van der Waals surface area contributed by atoms with Crippen LogP contribution in [0.15, 0.2) is 48.8 Å². The molecule has 2 rings (SSSR count). The molecule has 4 heteroatoms. The van der Waals surface area contributed by atoms with E-state index in [1.165, 1.54) is 18.5 Å². The molecular weight excluding hydrogens is 212 g/mol. The molecule has 1 aromatic carbocycles. The molecule has 16 heavy (non-hydrogen) atoms. The average molecular weight is 221 g/mol. The predicted octanol–water partition coefficient (Wildman–Crippen LogP) is 3.35. The van der Waals surface area contributed by atoms with Crippen LogP contribution in [0.25, 0.3) is 11.1 Å². The van der Waals surface area contributed by atoms with Crippen LogP contribution in [-0.4, -0.2) is 11.6 Å². The lowest BCUT2D eigenvalue weighted by molar-refractivity contribution is -0.0494. The molecule has 0 aliphatic heterocycles. The summed E-state index contributed by atoms with van der Waals surface area (Å²) in [6, 6.07) is 10.6. The van der Waals surface area contributed by atoms with E-state index in [4.69, 9.17) is 0 Å². The summed E-state index contributed by atoms with van der Waals surface area (Å²) < 4.78 is 28.8. The van der Waals surface area contributed by atoms with Crippen LogP contribution in [-0.2, 0) is 0 Å². The third kappa shape index (κ3) is 2.34. The lowest BCUT2D eigenvalue weighted by Crippen LogP contribution is -2.03. The zero-order valence-corrected chi connectivity index (χ0v) is 8.31. The van der Waals surface area contributed by atoms with E-state index in [9.17, 15) is 8.78 Å². The van der Waals surface area contributed by atoms with Gasteiger partial charge in [-0.15, -0.1) is 0 Å². The molecule has 0 unspecified atom stereocenters. The Morgan fingerprint density at radius 2 is 1.81 bits per heavy atom. The summed E-state index contributed by atoms with van der Waals surface area (Å²) in [5.41, 5.74) is 1.36. The van der Waals surface area contributed by atoms with Crippen molar-refractivity contribution >= 4 is 0 Å². The quantitative estimate of drug-likeness (QED) is 0.792. The molecule has 0 aliphatic carbocycles. The highest BCUT2D eigenvalue weighted by Crippen LogP contribution is 2.29. The Bertz CT molecular complexity index is 460. The van der Waals surface area contributed by atoms with Crippen molar-refractivity contribution in [1.29, 1.82) is 0 Å². The lowest BCUT2D eigenvalue weighted by atomic mass is 10.1. The first-order valence-electron chi connectivity index (χ1n) is 4.71. The highest BCUT2D eigenvalue weighted by molar-refractivity contribution is 5.69. The number of hydrogen-bond acceptors (Lipinski definition) is 2. The zero-order valence-electron chi connectivity index (χ0n) is 8.31. The van der Waals surface area contributed by atoms with Gasteiger partial charge in [-0.2, -0.15) is 8.78 Å². The molecule has 0 radical (unpaired) electrons. The van der Waals surface area contributed by atoms with E-state index in [2.05, 4.69) is 9.72 Å². The van der Waals surface area contributed by atoms with Crippen LogP contribution in [0.1, 0.15) is 0 Å². The third-order valence-corrected chi connectivity index (χ3v) is 2.08. The van der Waals surface area contributed by atoms with E-state index in [0.29, 0.717) is 5.56 Å². The lowest BCUT2D eigenvalue weighted by Gasteiger charge is -2.09. The monoisotopic (exact) mass is 221 g/mol. The minimum Gasteiger partial charge on any atom is -0.434 e. The van der Waals surface area contributed by atoms with E-state index in [1.807, 2.05) is 30.3 Å². The van der Waals surface area contributed by atoms with Gasteiger partial charge in [-0.1, -0.05) is 30.3 Å². The van der Waals surface area contributed by atoms with E-state index >= 15 is 0 Å². The molecule has 82 valence electrons. The molecule has 0 fully saturated rings. The summed E-state index contributed by atoms with van der Waals surface area (Å²) in [6.45, 7) is -2.83. The van der Waals surface area contributed by atoms with E-state index < -0.39 is 6.61 Å². The van der Waals surface area contributed by atoms with Gasteiger partial charge in [0.05, 0.1) is 0 Å². The van der Waals surface area contributed by atoms with Gasteiger partial charge < -0.3 is 4.74 Å².